The van der Waals surface area contributed by atoms with Gasteiger partial charge in [0.1, 0.15) is 5.84 Å². The van der Waals surface area contributed by atoms with Gasteiger partial charge in [-0.15, -0.1) is 0 Å². The van der Waals surface area contributed by atoms with Crippen LogP contribution in [0.15, 0.2) is 42.5 Å². The number of amidine groups is 1. The van der Waals surface area contributed by atoms with Crippen molar-refractivity contribution in [3.63, 3.8) is 0 Å². The maximum absolute atomic E-state index is 14.0. The standard InChI is InChI=1S/C16H17FN2O2/c1-2-9-20-14-5-3-4-6-15(14)21-13-8-7-11(16(18)19)10-12(13)17/h3-8,10H,2,9H2,1H3,(H3,18,19). The Labute approximate surface area is 122 Å². The molecule has 5 heteroatoms. The van der Waals surface area contributed by atoms with Crippen LogP contribution in [0.2, 0.25) is 0 Å². The van der Waals surface area contributed by atoms with Crippen molar-refractivity contribution in [1.82, 2.24) is 0 Å². The third-order valence-electron chi connectivity index (χ3n) is 2.77. The number of nitrogens with one attached hydrogen (secondary N) is 1. The fraction of sp³-hybridized carbons (Fsp3) is 0.188. The topological polar surface area (TPSA) is 68.3 Å². The zero-order chi connectivity index (χ0) is 15.2. The van der Waals surface area contributed by atoms with Crippen LogP contribution in [0.4, 0.5) is 4.39 Å². The van der Waals surface area contributed by atoms with Gasteiger partial charge in [-0.25, -0.2) is 4.39 Å². The van der Waals surface area contributed by atoms with E-state index in [4.69, 9.17) is 20.6 Å². The number of hydrogen-bond acceptors (Lipinski definition) is 3. The van der Waals surface area contributed by atoms with E-state index in [1.54, 1.807) is 18.2 Å². The van der Waals surface area contributed by atoms with Gasteiger partial charge >= 0.3 is 0 Å². The van der Waals surface area contributed by atoms with E-state index >= 15 is 0 Å². The molecule has 0 spiro atoms. The molecule has 0 fully saturated rings. The minimum atomic E-state index is -0.576. The molecule has 0 atom stereocenters. The first-order valence-electron chi connectivity index (χ1n) is 6.65. The number of hydrogen-bond donors (Lipinski definition) is 2. The number of nitrogens with two attached hydrogens (primary N) is 1. The van der Waals surface area contributed by atoms with Gasteiger partial charge in [0.15, 0.2) is 23.1 Å². The van der Waals surface area contributed by atoms with E-state index in [0.29, 0.717) is 23.7 Å². The number of benzene rings is 2. The molecule has 110 valence electrons. The van der Waals surface area contributed by atoms with Crippen molar-refractivity contribution in [2.24, 2.45) is 5.73 Å². The summed E-state index contributed by atoms with van der Waals surface area (Å²) in [4.78, 5) is 0. The Hall–Kier alpha value is -2.56. The SMILES string of the molecule is CCCOc1ccccc1Oc1ccc(C(=N)N)cc1F. The van der Waals surface area contributed by atoms with Gasteiger partial charge in [-0.1, -0.05) is 19.1 Å². The first-order valence-corrected chi connectivity index (χ1v) is 6.65. The average molecular weight is 288 g/mol. The monoisotopic (exact) mass is 288 g/mol. The maximum atomic E-state index is 14.0. The smallest absolute Gasteiger partial charge is 0.169 e. The third-order valence-corrected chi connectivity index (χ3v) is 2.77. The molecular formula is C16H17FN2O2. The highest BCUT2D eigenvalue weighted by Gasteiger charge is 2.10. The Morgan fingerprint density at radius 1 is 1.14 bits per heavy atom. The molecule has 0 saturated heterocycles. The highest BCUT2D eigenvalue weighted by atomic mass is 19.1. The van der Waals surface area contributed by atoms with Crippen LogP contribution >= 0.6 is 0 Å². The molecule has 0 amide bonds. The second-order valence-corrected chi connectivity index (χ2v) is 4.46. The Bertz CT molecular complexity index is 644. The molecule has 0 aromatic heterocycles. The lowest BCUT2D eigenvalue weighted by molar-refractivity contribution is 0.300. The molecule has 0 heterocycles. The van der Waals surface area contributed by atoms with Gasteiger partial charge in [0.2, 0.25) is 0 Å². The summed E-state index contributed by atoms with van der Waals surface area (Å²) in [5.41, 5.74) is 5.64. The molecule has 0 saturated carbocycles. The average Bonchev–Trinajstić information content (AvgIpc) is 2.48. The highest BCUT2D eigenvalue weighted by Crippen LogP contribution is 2.32. The summed E-state index contributed by atoms with van der Waals surface area (Å²) < 4.78 is 25.1. The molecule has 3 N–H and O–H groups in total. The van der Waals surface area contributed by atoms with Gasteiger partial charge in [-0.2, -0.15) is 0 Å². The van der Waals surface area contributed by atoms with Crippen molar-refractivity contribution in [3.05, 3.63) is 53.8 Å². The van der Waals surface area contributed by atoms with Gasteiger partial charge in [-0.05, 0) is 36.8 Å². The molecule has 0 unspecified atom stereocenters. The second-order valence-electron chi connectivity index (χ2n) is 4.46. The minimum Gasteiger partial charge on any atom is -0.490 e. The molecule has 0 aliphatic rings. The van der Waals surface area contributed by atoms with Crippen molar-refractivity contribution in [3.8, 4) is 17.2 Å². The first-order chi connectivity index (χ1) is 10.1. The van der Waals surface area contributed by atoms with Crippen LogP contribution in [0.25, 0.3) is 0 Å². The summed E-state index contributed by atoms with van der Waals surface area (Å²) in [6, 6.07) is 11.3. The van der Waals surface area contributed by atoms with Gasteiger partial charge in [-0.3, -0.25) is 5.41 Å². The molecule has 21 heavy (non-hydrogen) atoms. The van der Waals surface area contributed by atoms with Crippen LogP contribution in [-0.2, 0) is 0 Å². The zero-order valence-electron chi connectivity index (χ0n) is 11.7. The number of halogens is 1. The predicted octanol–water partition coefficient (Wildman–Crippen LogP) is 3.69. The number of nitrogen functional groups attached to an aromatic ring is 1. The lowest BCUT2D eigenvalue weighted by atomic mass is 10.2. The van der Waals surface area contributed by atoms with Gasteiger partial charge in [0.25, 0.3) is 0 Å². The Morgan fingerprint density at radius 3 is 2.48 bits per heavy atom. The number of rotatable bonds is 6. The zero-order valence-corrected chi connectivity index (χ0v) is 11.7. The van der Waals surface area contributed by atoms with Crippen LogP contribution in [0.5, 0.6) is 17.2 Å². The molecule has 0 bridgehead atoms. The molecule has 2 aromatic carbocycles. The van der Waals surface area contributed by atoms with Crippen LogP contribution < -0.4 is 15.2 Å². The van der Waals surface area contributed by atoms with Crippen molar-refractivity contribution in [2.75, 3.05) is 6.61 Å². The van der Waals surface area contributed by atoms with Crippen LogP contribution in [0.1, 0.15) is 18.9 Å². The van der Waals surface area contributed by atoms with Gasteiger partial charge in [0.05, 0.1) is 6.61 Å². The normalized spacial score (nSPS) is 10.2. The quantitative estimate of drug-likeness (QED) is 0.629. The molecule has 0 aliphatic heterocycles. The van der Waals surface area contributed by atoms with Crippen LogP contribution in [0.3, 0.4) is 0 Å². The molecule has 2 aromatic rings. The van der Waals surface area contributed by atoms with Crippen molar-refractivity contribution >= 4 is 5.84 Å². The highest BCUT2D eigenvalue weighted by molar-refractivity contribution is 5.95. The second kappa shape index (κ2) is 6.74. The largest absolute Gasteiger partial charge is 0.490 e. The summed E-state index contributed by atoms with van der Waals surface area (Å²) in [5, 5.41) is 7.28. The Kier molecular flexibility index (Phi) is 4.77. The van der Waals surface area contributed by atoms with Crippen molar-refractivity contribution in [1.29, 1.82) is 5.41 Å². The minimum absolute atomic E-state index is 0.0625. The number of para-hydroxylation sites is 2. The lowest BCUT2D eigenvalue weighted by Crippen LogP contribution is -2.11. The maximum Gasteiger partial charge on any atom is 0.169 e. The molecule has 4 nitrogen and oxygen atoms in total. The fourth-order valence-electron chi connectivity index (χ4n) is 1.74. The third kappa shape index (κ3) is 3.72. The van der Waals surface area contributed by atoms with E-state index in [0.717, 1.165) is 6.42 Å². The summed E-state index contributed by atoms with van der Waals surface area (Å²) in [6.45, 7) is 2.57. The van der Waals surface area contributed by atoms with Crippen molar-refractivity contribution in [2.45, 2.75) is 13.3 Å². The molecule has 0 aliphatic carbocycles. The van der Waals surface area contributed by atoms with E-state index in [-0.39, 0.29) is 11.6 Å². The van der Waals surface area contributed by atoms with E-state index in [2.05, 4.69) is 0 Å². The summed E-state index contributed by atoms with van der Waals surface area (Å²) in [6.07, 6.45) is 0.871. The molecule has 0 radical (unpaired) electrons. The van der Waals surface area contributed by atoms with Gasteiger partial charge in [0, 0.05) is 5.56 Å². The lowest BCUT2D eigenvalue weighted by Gasteiger charge is -2.12. The van der Waals surface area contributed by atoms with Crippen molar-refractivity contribution < 1.29 is 13.9 Å². The molecule has 2 rings (SSSR count). The predicted molar refractivity (Wildman–Crippen MR) is 79.7 cm³/mol. The van der Waals surface area contributed by atoms with Crippen LogP contribution in [0, 0.1) is 11.2 Å². The molecular weight excluding hydrogens is 271 g/mol. The van der Waals surface area contributed by atoms with E-state index < -0.39 is 5.82 Å². The van der Waals surface area contributed by atoms with E-state index in [1.807, 2.05) is 13.0 Å². The van der Waals surface area contributed by atoms with E-state index in [9.17, 15) is 4.39 Å². The fourth-order valence-corrected chi connectivity index (χ4v) is 1.74. The first kappa shape index (κ1) is 14.8. The van der Waals surface area contributed by atoms with Crippen LogP contribution in [-0.4, -0.2) is 12.4 Å². The summed E-state index contributed by atoms with van der Waals surface area (Å²) >= 11 is 0. The summed E-state index contributed by atoms with van der Waals surface area (Å²) in [7, 11) is 0. The number of ether oxygens (including phenoxy) is 2. The van der Waals surface area contributed by atoms with Gasteiger partial charge < -0.3 is 15.2 Å². The van der Waals surface area contributed by atoms with E-state index in [1.165, 1.54) is 18.2 Å². The Balaban J connectivity index is 2.24. The summed E-state index contributed by atoms with van der Waals surface area (Å²) in [5.74, 6) is 0.308. The Morgan fingerprint density at radius 2 is 1.86 bits per heavy atom.